The van der Waals surface area contributed by atoms with Crippen molar-refractivity contribution in [2.75, 3.05) is 45.3 Å². The van der Waals surface area contributed by atoms with Gasteiger partial charge in [-0.25, -0.2) is 4.39 Å². The van der Waals surface area contributed by atoms with Crippen LogP contribution >= 0.6 is 0 Å². The average molecular weight is 491 g/mol. The Morgan fingerprint density at radius 1 is 1.03 bits per heavy atom. The molecule has 0 aliphatic carbocycles. The van der Waals surface area contributed by atoms with E-state index in [1.807, 2.05) is 11.0 Å². The molecule has 0 bridgehead atoms. The molecule has 5 rings (SSSR count). The van der Waals surface area contributed by atoms with Crippen molar-refractivity contribution in [3.63, 3.8) is 0 Å². The summed E-state index contributed by atoms with van der Waals surface area (Å²) in [7, 11) is 3.12. The molecule has 8 heteroatoms. The van der Waals surface area contributed by atoms with Crippen LogP contribution in [-0.4, -0.2) is 56.2 Å². The maximum atomic E-state index is 14.2. The minimum absolute atomic E-state index is 0.0707. The number of para-hydroxylation sites is 1. The molecule has 1 N–H and O–H groups in total. The van der Waals surface area contributed by atoms with Gasteiger partial charge in [-0.2, -0.15) is 0 Å². The van der Waals surface area contributed by atoms with Crippen molar-refractivity contribution in [1.29, 1.82) is 0 Å². The summed E-state index contributed by atoms with van der Waals surface area (Å²) >= 11 is 0. The van der Waals surface area contributed by atoms with Crippen molar-refractivity contribution in [3.05, 3.63) is 82.9 Å². The number of hydrogen-bond acceptors (Lipinski definition) is 7. The molecule has 186 valence electrons. The fourth-order valence-electron chi connectivity index (χ4n) is 4.61. The number of hydrogen-bond donors (Lipinski definition) is 1. The zero-order chi connectivity index (χ0) is 25.2. The lowest BCUT2D eigenvalue weighted by atomic mass is 10.0. The topological polar surface area (TPSA) is 71.5 Å². The number of anilines is 1. The van der Waals surface area contributed by atoms with Gasteiger partial charge >= 0.3 is 0 Å². The largest absolute Gasteiger partial charge is 0.507 e. The predicted molar refractivity (Wildman–Crippen MR) is 134 cm³/mol. The highest BCUT2D eigenvalue weighted by Crippen LogP contribution is 2.41. The highest BCUT2D eigenvalue weighted by atomic mass is 19.1. The second kappa shape index (κ2) is 9.91. The van der Waals surface area contributed by atoms with Crippen LogP contribution in [0.5, 0.6) is 23.0 Å². The van der Waals surface area contributed by atoms with E-state index in [-0.39, 0.29) is 23.1 Å². The Balaban J connectivity index is 1.35. The van der Waals surface area contributed by atoms with E-state index >= 15 is 0 Å². The van der Waals surface area contributed by atoms with Crippen LogP contribution in [0.4, 0.5) is 10.1 Å². The molecule has 1 fully saturated rings. The summed E-state index contributed by atoms with van der Waals surface area (Å²) < 4.78 is 30.9. The molecule has 2 aliphatic rings. The SMILES string of the molecule is COc1ccc(/C=C2\Oc3c(ccc(O)c3CN3CCN(c4ccccc4F)CC3)C2=O)c(OC)c1. The van der Waals surface area contributed by atoms with Crippen LogP contribution in [0.1, 0.15) is 21.5 Å². The van der Waals surface area contributed by atoms with Crippen LogP contribution in [0, 0.1) is 5.82 Å². The summed E-state index contributed by atoms with van der Waals surface area (Å²) in [5.41, 5.74) is 2.24. The first-order valence-electron chi connectivity index (χ1n) is 11.7. The van der Waals surface area contributed by atoms with Crippen molar-refractivity contribution in [3.8, 4) is 23.0 Å². The summed E-state index contributed by atoms with van der Waals surface area (Å²) in [6.07, 6.45) is 1.63. The fourth-order valence-corrected chi connectivity index (χ4v) is 4.61. The van der Waals surface area contributed by atoms with E-state index in [9.17, 15) is 14.3 Å². The number of phenols is 1. The Bertz CT molecular complexity index is 1330. The summed E-state index contributed by atoms with van der Waals surface area (Å²) in [5, 5.41) is 10.6. The van der Waals surface area contributed by atoms with E-state index in [2.05, 4.69) is 4.90 Å². The number of benzene rings is 3. The van der Waals surface area contributed by atoms with Crippen LogP contribution < -0.4 is 19.1 Å². The number of carbonyl (C=O) groups excluding carboxylic acids is 1. The molecule has 0 unspecified atom stereocenters. The van der Waals surface area contributed by atoms with Gasteiger partial charge in [-0.3, -0.25) is 9.69 Å². The third kappa shape index (κ3) is 4.47. The van der Waals surface area contributed by atoms with E-state index in [0.717, 1.165) is 0 Å². The second-order valence-corrected chi connectivity index (χ2v) is 8.70. The molecular formula is C28H27FN2O5. The molecule has 0 radical (unpaired) electrons. The number of methoxy groups -OCH3 is 2. The highest BCUT2D eigenvalue weighted by Gasteiger charge is 2.32. The highest BCUT2D eigenvalue weighted by molar-refractivity contribution is 6.15. The lowest BCUT2D eigenvalue weighted by molar-refractivity contribution is 0.101. The van der Waals surface area contributed by atoms with Gasteiger partial charge in [0, 0.05) is 44.4 Å². The van der Waals surface area contributed by atoms with Crippen LogP contribution in [0.25, 0.3) is 6.08 Å². The number of halogens is 1. The van der Waals surface area contributed by atoms with Crippen LogP contribution in [-0.2, 0) is 6.54 Å². The maximum absolute atomic E-state index is 14.2. The van der Waals surface area contributed by atoms with Gasteiger partial charge in [0.15, 0.2) is 5.76 Å². The number of ketones is 1. The Hall–Kier alpha value is -4.04. The number of ether oxygens (including phenoxy) is 3. The lowest BCUT2D eigenvalue weighted by Gasteiger charge is -2.36. The summed E-state index contributed by atoms with van der Waals surface area (Å²) in [4.78, 5) is 17.3. The molecule has 0 atom stereocenters. The normalized spacial score (nSPS) is 16.7. The first-order chi connectivity index (χ1) is 17.5. The minimum atomic E-state index is -0.256. The predicted octanol–water partition coefficient (Wildman–Crippen LogP) is 4.49. The number of piperazine rings is 1. The van der Waals surface area contributed by atoms with E-state index in [1.54, 1.807) is 56.7 Å². The lowest BCUT2D eigenvalue weighted by Crippen LogP contribution is -2.46. The van der Waals surface area contributed by atoms with Gasteiger partial charge in [0.2, 0.25) is 5.78 Å². The number of fused-ring (bicyclic) bond motifs is 1. The second-order valence-electron chi connectivity index (χ2n) is 8.70. The molecule has 36 heavy (non-hydrogen) atoms. The maximum Gasteiger partial charge on any atom is 0.231 e. The Morgan fingerprint density at radius 2 is 1.81 bits per heavy atom. The van der Waals surface area contributed by atoms with Crippen LogP contribution in [0.3, 0.4) is 0 Å². The van der Waals surface area contributed by atoms with Crippen LogP contribution in [0.2, 0.25) is 0 Å². The average Bonchev–Trinajstić information content (AvgIpc) is 3.22. The van der Waals surface area contributed by atoms with Crippen molar-refractivity contribution in [2.24, 2.45) is 0 Å². The van der Waals surface area contributed by atoms with Crippen molar-refractivity contribution < 1.29 is 28.5 Å². The number of phenolic OH excluding ortho intramolecular Hbond substituents is 1. The molecule has 0 amide bonds. The van der Waals surface area contributed by atoms with Gasteiger partial charge < -0.3 is 24.2 Å². The minimum Gasteiger partial charge on any atom is -0.507 e. The van der Waals surface area contributed by atoms with E-state index in [4.69, 9.17) is 14.2 Å². The number of carbonyl (C=O) groups is 1. The summed E-state index contributed by atoms with van der Waals surface area (Å²) in [6, 6.07) is 15.2. The van der Waals surface area contributed by atoms with Gasteiger partial charge in [-0.05, 0) is 42.5 Å². The molecular weight excluding hydrogens is 463 g/mol. The number of aromatic hydroxyl groups is 1. The molecule has 3 aromatic carbocycles. The van der Waals surface area contributed by atoms with Gasteiger partial charge in [0.05, 0.1) is 31.0 Å². The number of rotatable bonds is 6. The number of Topliss-reactive ketones (excluding diaryl/α,β-unsaturated/α-hetero) is 1. The summed E-state index contributed by atoms with van der Waals surface area (Å²) in [6.45, 7) is 3.07. The van der Waals surface area contributed by atoms with Gasteiger partial charge in [-0.1, -0.05) is 12.1 Å². The third-order valence-corrected chi connectivity index (χ3v) is 6.59. The number of allylic oxidation sites excluding steroid dienone is 1. The van der Waals surface area contributed by atoms with Crippen LogP contribution in [0.15, 0.2) is 60.4 Å². The molecule has 0 spiro atoms. The summed E-state index contributed by atoms with van der Waals surface area (Å²) in [5.74, 6) is 1.29. The standard InChI is InChI=1S/C28H27FN2O5/c1-34-19-8-7-18(25(16-19)35-2)15-26-27(33)20-9-10-24(32)21(28(20)36-26)17-30-11-13-31(14-12-30)23-6-4-3-5-22(23)29/h3-10,15-16,32H,11-14,17H2,1-2H3/b26-15-. The molecule has 3 aromatic rings. The molecule has 0 saturated carbocycles. The van der Waals surface area contributed by atoms with E-state index in [0.29, 0.717) is 72.4 Å². The van der Waals surface area contributed by atoms with Gasteiger partial charge in [-0.15, -0.1) is 0 Å². The molecule has 7 nitrogen and oxygen atoms in total. The molecule has 0 aromatic heterocycles. The van der Waals surface area contributed by atoms with Gasteiger partial charge in [0.1, 0.15) is 28.8 Å². The first-order valence-corrected chi connectivity index (χ1v) is 11.7. The van der Waals surface area contributed by atoms with Crippen molar-refractivity contribution >= 4 is 17.5 Å². The zero-order valence-corrected chi connectivity index (χ0v) is 20.2. The fraction of sp³-hybridized carbons (Fsp3) is 0.250. The Kier molecular flexibility index (Phi) is 6.52. The van der Waals surface area contributed by atoms with Crippen molar-refractivity contribution in [2.45, 2.75) is 6.54 Å². The zero-order valence-electron chi connectivity index (χ0n) is 20.2. The molecule has 2 heterocycles. The monoisotopic (exact) mass is 490 g/mol. The number of nitrogens with zero attached hydrogens (tertiary/aromatic N) is 2. The smallest absolute Gasteiger partial charge is 0.231 e. The van der Waals surface area contributed by atoms with E-state index in [1.165, 1.54) is 12.1 Å². The Labute approximate surface area is 208 Å². The Morgan fingerprint density at radius 3 is 2.53 bits per heavy atom. The van der Waals surface area contributed by atoms with E-state index < -0.39 is 0 Å². The van der Waals surface area contributed by atoms with Crippen molar-refractivity contribution in [1.82, 2.24) is 4.90 Å². The first kappa shape index (κ1) is 23.7. The third-order valence-electron chi connectivity index (χ3n) is 6.59. The molecule has 2 aliphatic heterocycles. The quantitative estimate of drug-likeness (QED) is 0.511. The van der Waals surface area contributed by atoms with Gasteiger partial charge in [0.25, 0.3) is 0 Å². The molecule has 1 saturated heterocycles.